The zero-order chi connectivity index (χ0) is 12.1. The molecule has 0 spiro atoms. The van der Waals surface area contributed by atoms with Crippen LogP contribution in [0.5, 0.6) is 0 Å². The minimum Gasteiger partial charge on any atom is -0.357 e. The van der Waals surface area contributed by atoms with E-state index in [9.17, 15) is 0 Å². The third-order valence-electron chi connectivity index (χ3n) is 2.41. The largest absolute Gasteiger partial charge is 0.357 e. The molecule has 0 aliphatic carbocycles. The quantitative estimate of drug-likeness (QED) is 0.843. The molecule has 0 atom stereocenters. The Balaban J connectivity index is 2.78. The number of nitrogens with two attached hydrogens (primary N) is 1. The van der Waals surface area contributed by atoms with Gasteiger partial charge in [-0.1, -0.05) is 11.6 Å². The number of hydrogen-bond acceptors (Lipinski definition) is 4. The molecule has 0 amide bonds. The van der Waals surface area contributed by atoms with E-state index in [1.807, 2.05) is 32.1 Å². The number of anilines is 1. The molecule has 0 aliphatic rings. The molecular formula is C11H19ClN4. The number of nitrogens with zero attached hydrogens (tertiary/aromatic N) is 3. The molecule has 0 radical (unpaired) electrons. The predicted octanol–water partition coefficient (Wildman–Crippen LogP) is 1.19. The number of pyridine rings is 1. The van der Waals surface area contributed by atoms with Crippen LogP contribution in [0, 0.1) is 0 Å². The molecule has 0 bridgehead atoms. The van der Waals surface area contributed by atoms with Crippen molar-refractivity contribution in [2.75, 3.05) is 39.1 Å². The van der Waals surface area contributed by atoms with Gasteiger partial charge in [0.25, 0.3) is 0 Å². The summed E-state index contributed by atoms with van der Waals surface area (Å²) >= 11 is 6.22. The lowest BCUT2D eigenvalue weighted by atomic mass is 10.2. The first-order valence-corrected chi connectivity index (χ1v) is 5.63. The van der Waals surface area contributed by atoms with E-state index in [-0.39, 0.29) is 0 Å². The van der Waals surface area contributed by atoms with Gasteiger partial charge in [0.2, 0.25) is 0 Å². The fourth-order valence-electron chi connectivity index (χ4n) is 1.35. The molecule has 5 heteroatoms. The number of hydrogen-bond donors (Lipinski definition) is 1. The van der Waals surface area contributed by atoms with Gasteiger partial charge in [-0.2, -0.15) is 0 Å². The second kappa shape index (κ2) is 6.03. The van der Waals surface area contributed by atoms with Crippen molar-refractivity contribution in [3.63, 3.8) is 0 Å². The lowest BCUT2D eigenvalue weighted by Gasteiger charge is -2.22. The van der Waals surface area contributed by atoms with E-state index in [0.29, 0.717) is 11.6 Å². The lowest BCUT2D eigenvalue weighted by molar-refractivity contribution is 0.416. The van der Waals surface area contributed by atoms with Crippen LogP contribution in [0.25, 0.3) is 0 Å². The highest BCUT2D eigenvalue weighted by molar-refractivity contribution is 6.33. The molecule has 0 saturated carbocycles. The molecule has 0 aromatic carbocycles. The number of rotatable bonds is 5. The minimum atomic E-state index is 0.440. The topological polar surface area (TPSA) is 45.4 Å². The van der Waals surface area contributed by atoms with E-state index in [0.717, 1.165) is 24.5 Å². The maximum absolute atomic E-state index is 6.22. The monoisotopic (exact) mass is 242 g/mol. The molecule has 90 valence electrons. The van der Waals surface area contributed by atoms with Crippen LogP contribution >= 0.6 is 11.6 Å². The highest BCUT2D eigenvalue weighted by Gasteiger charge is 2.10. The lowest BCUT2D eigenvalue weighted by Crippen LogP contribution is -2.29. The van der Waals surface area contributed by atoms with Gasteiger partial charge in [0.1, 0.15) is 5.82 Å². The smallest absolute Gasteiger partial charge is 0.147 e. The van der Waals surface area contributed by atoms with Crippen LogP contribution in [0.2, 0.25) is 5.02 Å². The highest BCUT2D eigenvalue weighted by atomic mass is 35.5. The summed E-state index contributed by atoms with van der Waals surface area (Å²) in [5.74, 6) is 0.798. The van der Waals surface area contributed by atoms with Crippen molar-refractivity contribution in [3.05, 3.63) is 22.8 Å². The summed E-state index contributed by atoms with van der Waals surface area (Å²) in [6.07, 6.45) is 1.75. The van der Waals surface area contributed by atoms with E-state index in [1.165, 1.54) is 0 Å². The molecule has 0 saturated heterocycles. The number of halogens is 1. The Morgan fingerprint density at radius 3 is 2.56 bits per heavy atom. The fourth-order valence-corrected chi connectivity index (χ4v) is 1.68. The maximum atomic E-state index is 6.22. The van der Waals surface area contributed by atoms with Crippen molar-refractivity contribution < 1.29 is 0 Å². The zero-order valence-electron chi connectivity index (χ0n) is 10.1. The molecule has 0 fully saturated rings. The van der Waals surface area contributed by atoms with Gasteiger partial charge in [0.15, 0.2) is 0 Å². The first-order valence-electron chi connectivity index (χ1n) is 5.25. The first kappa shape index (κ1) is 13.2. The van der Waals surface area contributed by atoms with E-state index < -0.39 is 0 Å². The molecule has 1 aromatic rings. The Morgan fingerprint density at radius 1 is 1.31 bits per heavy atom. The number of likely N-dealkylation sites (N-methyl/N-ethyl adjacent to an activating group) is 2. The van der Waals surface area contributed by atoms with Gasteiger partial charge < -0.3 is 15.5 Å². The molecule has 0 unspecified atom stereocenters. The van der Waals surface area contributed by atoms with Crippen molar-refractivity contribution in [3.8, 4) is 0 Å². The Hall–Kier alpha value is -0.840. The molecule has 4 nitrogen and oxygen atoms in total. The third kappa shape index (κ3) is 3.33. The average Bonchev–Trinajstić information content (AvgIpc) is 2.26. The van der Waals surface area contributed by atoms with E-state index >= 15 is 0 Å². The van der Waals surface area contributed by atoms with Crippen molar-refractivity contribution >= 4 is 17.4 Å². The van der Waals surface area contributed by atoms with E-state index in [1.54, 1.807) is 6.20 Å². The summed E-state index contributed by atoms with van der Waals surface area (Å²) in [4.78, 5) is 8.45. The van der Waals surface area contributed by atoms with Gasteiger partial charge in [-0.3, -0.25) is 0 Å². The SMILES string of the molecule is CN(C)CCN(C)c1nccc(CN)c1Cl. The summed E-state index contributed by atoms with van der Waals surface area (Å²) in [5.41, 5.74) is 6.54. The van der Waals surface area contributed by atoms with Crippen molar-refractivity contribution in [1.29, 1.82) is 0 Å². The average molecular weight is 243 g/mol. The molecular weight excluding hydrogens is 224 g/mol. The molecule has 1 heterocycles. The van der Waals surface area contributed by atoms with Crippen LogP contribution in [0.1, 0.15) is 5.56 Å². The minimum absolute atomic E-state index is 0.440. The van der Waals surface area contributed by atoms with Crippen LogP contribution in [0.15, 0.2) is 12.3 Å². The molecule has 16 heavy (non-hydrogen) atoms. The normalized spacial score (nSPS) is 10.9. The summed E-state index contributed by atoms with van der Waals surface area (Å²) in [7, 11) is 6.07. The summed E-state index contributed by atoms with van der Waals surface area (Å²) in [6, 6.07) is 1.85. The van der Waals surface area contributed by atoms with Gasteiger partial charge in [-0.15, -0.1) is 0 Å². The van der Waals surface area contributed by atoms with Gasteiger partial charge in [0, 0.05) is 32.9 Å². The van der Waals surface area contributed by atoms with E-state index in [4.69, 9.17) is 17.3 Å². The Kier molecular flexibility index (Phi) is 4.99. The van der Waals surface area contributed by atoms with Gasteiger partial charge in [0.05, 0.1) is 5.02 Å². The van der Waals surface area contributed by atoms with Crippen LogP contribution in [0.3, 0.4) is 0 Å². The van der Waals surface area contributed by atoms with Gasteiger partial charge >= 0.3 is 0 Å². The predicted molar refractivity (Wildman–Crippen MR) is 69.0 cm³/mol. The third-order valence-corrected chi connectivity index (χ3v) is 2.83. The molecule has 2 N–H and O–H groups in total. The summed E-state index contributed by atoms with van der Waals surface area (Å²) in [5, 5.41) is 0.659. The fraction of sp³-hybridized carbons (Fsp3) is 0.545. The van der Waals surface area contributed by atoms with Gasteiger partial charge in [-0.25, -0.2) is 4.98 Å². The molecule has 1 rings (SSSR count). The molecule has 0 aliphatic heterocycles. The van der Waals surface area contributed by atoms with Crippen molar-refractivity contribution in [1.82, 2.24) is 9.88 Å². The van der Waals surface area contributed by atoms with E-state index in [2.05, 4.69) is 9.88 Å². The van der Waals surface area contributed by atoms with Crippen molar-refractivity contribution in [2.45, 2.75) is 6.54 Å². The second-order valence-electron chi connectivity index (χ2n) is 4.04. The summed E-state index contributed by atoms with van der Waals surface area (Å²) in [6.45, 7) is 2.28. The maximum Gasteiger partial charge on any atom is 0.147 e. The molecule has 1 aromatic heterocycles. The van der Waals surface area contributed by atoms with Crippen LogP contribution in [0.4, 0.5) is 5.82 Å². The first-order chi connectivity index (χ1) is 7.56. The zero-order valence-corrected chi connectivity index (χ0v) is 10.8. The van der Waals surface area contributed by atoms with Crippen molar-refractivity contribution in [2.24, 2.45) is 5.73 Å². The number of aromatic nitrogens is 1. The van der Waals surface area contributed by atoms with Crippen LogP contribution in [-0.2, 0) is 6.54 Å². The summed E-state index contributed by atoms with van der Waals surface area (Å²) < 4.78 is 0. The Morgan fingerprint density at radius 2 is 2.00 bits per heavy atom. The standard InChI is InChI=1S/C11H19ClN4/c1-15(2)6-7-16(3)11-10(12)9(8-13)4-5-14-11/h4-5H,6-8,13H2,1-3H3. The van der Waals surface area contributed by atoms with Crippen LogP contribution < -0.4 is 10.6 Å². The van der Waals surface area contributed by atoms with Crippen LogP contribution in [-0.4, -0.2) is 44.1 Å². The Labute approximate surface area is 102 Å². The van der Waals surface area contributed by atoms with Gasteiger partial charge in [-0.05, 0) is 25.7 Å². The highest BCUT2D eigenvalue weighted by Crippen LogP contribution is 2.25. The Bertz CT molecular complexity index is 341. The second-order valence-corrected chi connectivity index (χ2v) is 4.41.